The van der Waals surface area contributed by atoms with E-state index < -0.39 is 84.2 Å². The van der Waals surface area contributed by atoms with Gasteiger partial charge in [0.25, 0.3) is 5.91 Å². The van der Waals surface area contributed by atoms with Gasteiger partial charge in [-0.15, -0.1) is 0 Å². The second kappa shape index (κ2) is 22.4. The minimum absolute atomic E-state index is 0.0434. The summed E-state index contributed by atoms with van der Waals surface area (Å²) in [6.07, 6.45) is 3.59. The van der Waals surface area contributed by atoms with Crippen LogP contribution in [0.4, 0.5) is 15.3 Å². The number of anilines is 1. The number of benzene rings is 2. The van der Waals surface area contributed by atoms with E-state index in [9.17, 15) is 38.4 Å². The van der Waals surface area contributed by atoms with Crippen molar-refractivity contribution < 1.29 is 43.1 Å². The maximum absolute atomic E-state index is 14.5. The number of alkyl carbamates (subject to hydrolysis) is 1. The largest absolute Gasteiger partial charge is 0.449 e. The van der Waals surface area contributed by atoms with Crippen LogP contribution in [0, 0.1) is 11.8 Å². The average Bonchev–Trinajstić information content (AvgIpc) is 3.64. The molecule has 59 heavy (non-hydrogen) atoms. The summed E-state index contributed by atoms with van der Waals surface area (Å²) in [5.41, 5.74) is 6.35. The Kier molecular flexibility index (Phi) is 17.5. The molecule has 0 radical (unpaired) electrons. The van der Waals surface area contributed by atoms with Gasteiger partial charge in [0.1, 0.15) is 18.1 Å². The fourth-order valence-electron chi connectivity index (χ4n) is 7.16. The fourth-order valence-corrected chi connectivity index (χ4v) is 7.29. The van der Waals surface area contributed by atoms with E-state index >= 15 is 0 Å². The van der Waals surface area contributed by atoms with Crippen molar-refractivity contribution in [2.24, 2.45) is 17.6 Å². The summed E-state index contributed by atoms with van der Waals surface area (Å²) < 4.78 is 5.37. The van der Waals surface area contributed by atoms with Gasteiger partial charge < -0.3 is 47.3 Å². The minimum Gasteiger partial charge on any atom is -0.449 e. The summed E-state index contributed by atoms with van der Waals surface area (Å²) in [5.74, 6) is -5.31. The summed E-state index contributed by atoms with van der Waals surface area (Å²) in [6, 6.07) is 8.56. The smallest absolute Gasteiger partial charge is 0.407 e. The molecule has 0 bridgehead atoms. The molecule has 8 N–H and O–H groups in total. The third-order valence-electron chi connectivity index (χ3n) is 10.1. The summed E-state index contributed by atoms with van der Waals surface area (Å²) >= 11 is 5.98. The monoisotopic (exact) mass is 838 g/mol. The number of primary amides is 1. The van der Waals surface area contributed by atoms with Crippen LogP contribution in [0.15, 0.2) is 54.6 Å². The zero-order valence-corrected chi connectivity index (χ0v) is 34.3. The lowest BCUT2D eigenvalue weighted by Gasteiger charge is -2.34. The van der Waals surface area contributed by atoms with Gasteiger partial charge in [-0.1, -0.05) is 88.4 Å². The molecule has 1 saturated heterocycles. The highest BCUT2D eigenvalue weighted by atomic mass is 35.5. The Bertz CT molecular complexity index is 1810. The third kappa shape index (κ3) is 14.0. The van der Waals surface area contributed by atoms with E-state index in [2.05, 4.69) is 31.9 Å². The number of rotatable bonds is 18. The third-order valence-corrected chi connectivity index (χ3v) is 10.4. The Morgan fingerprint density at radius 1 is 0.898 bits per heavy atom. The van der Waals surface area contributed by atoms with Crippen LogP contribution in [0.3, 0.4) is 0 Å². The molecular weight excluding hydrogens is 784 g/mol. The van der Waals surface area contributed by atoms with Gasteiger partial charge in [-0.2, -0.15) is 0 Å². The van der Waals surface area contributed by atoms with Gasteiger partial charge in [-0.3, -0.25) is 28.8 Å². The number of urea groups is 1. The molecule has 8 amide bonds. The molecule has 4 rings (SSSR count). The van der Waals surface area contributed by atoms with E-state index in [1.807, 2.05) is 13.8 Å². The van der Waals surface area contributed by atoms with E-state index in [0.717, 1.165) is 19.3 Å². The number of hydrogen-bond donors (Lipinski definition) is 7. The highest BCUT2D eigenvalue weighted by Gasteiger charge is 2.45. The van der Waals surface area contributed by atoms with E-state index in [-0.39, 0.29) is 37.8 Å². The van der Waals surface area contributed by atoms with Crippen LogP contribution < -0.4 is 37.6 Å². The first-order valence-corrected chi connectivity index (χ1v) is 20.4. The lowest BCUT2D eigenvalue weighted by atomic mass is 9.83. The van der Waals surface area contributed by atoms with E-state index in [4.69, 9.17) is 22.1 Å². The molecule has 5 atom stereocenters. The van der Waals surface area contributed by atoms with Gasteiger partial charge in [-0.25, -0.2) is 9.59 Å². The minimum atomic E-state index is -1.34. The number of likely N-dealkylation sites (tertiary alicyclic amines) is 1. The summed E-state index contributed by atoms with van der Waals surface area (Å²) in [4.78, 5) is 107. The van der Waals surface area contributed by atoms with Crippen molar-refractivity contribution in [1.82, 2.24) is 31.5 Å². The molecule has 18 heteroatoms. The highest BCUT2D eigenvalue weighted by molar-refractivity contribution is 6.38. The SMILES string of the molecule is CCCC(NC(=O)[C@@H]1C[C@@H](NC(=O)Nc2ccc(Cl)cc2)CN1C(=O)[C@@H](NC(=O)OCC(C)C)C1CCCCC1)C(=O)C(=O)NCC(=O)N[C@H](C(N)=O)c1ccccc1. The number of nitrogens with zero attached hydrogens (tertiary/aromatic N) is 1. The molecule has 2 aromatic carbocycles. The van der Waals surface area contributed by atoms with Crippen molar-refractivity contribution in [2.45, 2.75) is 102 Å². The van der Waals surface area contributed by atoms with Crippen LogP contribution in [0.25, 0.3) is 0 Å². The number of carbonyl (C=O) groups excluding carboxylic acids is 8. The van der Waals surface area contributed by atoms with Crippen molar-refractivity contribution in [2.75, 3.05) is 25.0 Å². The van der Waals surface area contributed by atoms with Gasteiger partial charge in [0.15, 0.2) is 0 Å². The van der Waals surface area contributed by atoms with Crippen molar-refractivity contribution in [3.05, 3.63) is 65.2 Å². The number of ether oxygens (including phenoxy) is 1. The number of amides is 8. The first-order chi connectivity index (χ1) is 28.2. The zero-order valence-electron chi connectivity index (χ0n) is 33.6. The lowest BCUT2D eigenvalue weighted by Crippen LogP contribution is -2.58. The topological polar surface area (TPSA) is 247 Å². The first-order valence-electron chi connectivity index (χ1n) is 20.0. The lowest BCUT2D eigenvalue weighted by molar-refractivity contribution is -0.143. The molecule has 1 aliphatic carbocycles. The van der Waals surface area contributed by atoms with Crippen LogP contribution in [0.1, 0.15) is 83.7 Å². The predicted octanol–water partition coefficient (Wildman–Crippen LogP) is 3.08. The predicted molar refractivity (Wildman–Crippen MR) is 219 cm³/mol. The number of nitrogens with one attached hydrogen (secondary N) is 6. The second-order valence-electron chi connectivity index (χ2n) is 15.3. The van der Waals surface area contributed by atoms with Crippen LogP contribution in [0.2, 0.25) is 5.02 Å². The van der Waals surface area contributed by atoms with Gasteiger partial charge in [-0.05, 0) is 67.3 Å². The van der Waals surface area contributed by atoms with Gasteiger partial charge in [0.05, 0.1) is 25.2 Å². The standard InChI is InChI=1S/C41H55ClN8O9/c1-4-11-30(35(52)38(55)44-21-32(51)48-33(36(43)53)25-12-7-5-8-13-25)47-37(54)31-20-29(46-40(57)45-28-18-16-27(42)17-19-28)22-50(31)39(56)34(26-14-9-6-10-15-26)49-41(58)59-23-24(2)3/h5,7-8,12-13,16-19,24,26,29-31,33-34H,4,6,9-11,14-15,20-23H2,1-3H3,(H2,43,53)(H,44,55)(H,47,54)(H,48,51)(H,49,58)(H2,45,46,57)/t29-,30?,31+,33+,34+/m1/s1. The van der Waals surface area contributed by atoms with Crippen molar-refractivity contribution >= 4 is 64.7 Å². The molecule has 17 nitrogen and oxygen atoms in total. The van der Waals surface area contributed by atoms with Gasteiger partial charge in [0, 0.05) is 17.3 Å². The quantitative estimate of drug-likeness (QED) is 0.109. The number of halogens is 1. The van der Waals surface area contributed by atoms with E-state index in [0.29, 0.717) is 35.5 Å². The fraction of sp³-hybridized carbons (Fsp3) is 0.512. The molecular formula is C41H55ClN8O9. The Morgan fingerprint density at radius 3 is 2.20 bits per heavy atom. The molecule has 1 saturated carbocycles. The van der Waals surface area contributed by atoms with Crippen LogP contribution in [-0.4, -0.2) is 96.2 Å². The molecule has 1 unspecified atom stereocenters. The van der Waals surface area contributed by atoms with Gasteiger partial charge in [0.2, 0.25) is 29.4 Å². The van der Waals surface area contributed by atoms with Crippen molar-refractivity contribution in [3.8, 4) is 0 Å². The number of nitrogens with two attached hydrogens (primary N) is 1. The number of carbonyl (C=O) groups is 8. The maximum Gasteiger partial charge on any atom is 0.407 e. The normalized spacial score (nSPS) is 18.1. The maximum atomic E-state index is 14.5. The average molecular weight is 839 g/mol. The molecule has 2 fully saturated rings. The van der Waals surface area contributed by atoms with Crippen LogP contribution >= 0.6 is 11.6 Å². The van der Waals surface area contributed by atoms with Crippen LogP contribution in [0.5, 0.6) is 0 Å². The molecule has 2 aromatic rings. The Balaban J connectivity index is 1.50. The number of hydrogen-bond acceptors (Lipinski definition) is 9. The number of Topliss-reactive ketones (excluding diaryl/α,β-unsaturated/α-hetero) is 1. The number of ketones is 1. The summed E-state index contributed by atoms with van der Waals surface area (Å²) in [6.45, 7) is 4.87. The van der Waals surface area contributed by atoms with Crippen LogP contribution in [-0.2, 0) is 33.5 Å². The molecule has 2 aliphatic rings. The zero-order chi connectivity index (χ0) is 43.1. The highest BCUT2D eigenvalue weighted by Crippen LogP contribution is 2.30. The Hall–Kier alpha value is -5.71. The van der Waals surface area contributed by atoms with E-state index in [1.54, 1.807) is 61.5 Å². The second-order valence-corrected chi connectivity index (χ2v) is 15.7. The van der Waals surface area contributed by atoms with Gasteiger partial charge >= 0.3 is 12.1 Å². The summed E-state index contributed by atoms with van der Waals surface area (Å²) in [7, 11) is 0. The molecule has 1 aliphatic heterocycles. The summed E-state index contributed by atoms with van der Waals surface area (Å²) in [5, 5.41) is 16.1. The van der Waals surface area contributed by atoms with Crippen molar-refractivity contribution in [3.63, 3.8) is 0 Å². The molecule has 0 spiro atoms. The molecule has 0 aromatic heterocycles. The van der Waals surface area contributed by atoms with Crippen molar-refractivity contribution in [1.29, 1.82) is 0 Å². The molecule has 320 valence electrons. The Morgan fingerprint density at radius 2 is 1.58 bits per heavy atom. The first kappa shape index (κ1) is 46.0. The molecule has 1 heterocycles. The Labute approximate surface area is 348 Å². The van der Waals surface area contributed by atoms with E-state index in [1.165, 1.54) is 4.90 Å².